The van der Waals surface area contributed by atoms with Crippen molar-refractivity contribution < 1.29 is 4.42 Å². The highest BCUT2D eigenvalue weighted by Crippen LogP contribution is 2.44. The predicted octanol–water partition coefficient (Wildman–Crippen LogP) is 14.4. The minimum Gasteiger partial charge on any atom is -0.456 e. The first-order valence-electron chi connectivity index (χ1n) is 17.7. The summed E-state index contributed by atoms with van der Waals surface area (Å²) in [5, 5.41) is 7.16. The van der Waals surface area contributed by atoms with Gasteiger partial charge in [-0.2, -0.15) is 0 Å². The first-order valence-corrected chi connectivity index (χ1v) is 17.7. The zero-order valence-corrected chi connectivity index (χ0v) is 28.4. The Kier molecular flexibility index (Phi) is 7.18. The second-order valence-electron chi connectivity index (χ2n) is 13.4. The van der Waals surface area contributed by atoms with E-state index in [9.17, 15) is 0 Å². The number of rotatable bonds is 6. The lowest BCUT2D eigenvalue weighted by Gasteiger charge is -2.26. The largest absolute Gasteiger partial charge is 0.456 e. The van der Waals surface area contributed by atoms with Gasteiger partial charge < -0.3 is 9.32 Å². The third kappa shape index (κ3) is 5.30. The fraction of sp³-hybridized carbons (Fsp3) is 0. The number of benzene rings is 9. The lowest BCUT2D eigenvalue weighted by Crippen LogP contribution is -2.10. The van der Waals surface area contributed by atoms with Crippen molar-refractivity contribution >= 4 is 60.5 Å². The first kappa shape index (κ1) is 30.0. The van der Waals surface area contributed by atoms with Crippen molar-refractivity contribution in [2.24, 2.45) is 0 Å². The maximum atomic E-state index is 6.50. The van der Waals surface area contributed by atoms with Gasteiger partial charge in [0.15, 0.2) is 0 Å². The standard InChI is InChI=1S/C50H33NO/c1-2-9-34(10-3-1)43-25-30-48-46(33-43)50-47(15-8-16-49(50)52-48)51(44-26-21-37(22-27-44)41-19-17-35-11-4-6-13-39(35)31-41)45-28-23-38(24-29-45)42-20-18-36-12-5-7-14-40(36)32-42/h1-33H. The van der Waals surface area contributed by atoms with E-state index in [0.29, 0.717) is 0 Å². The Morgan fingerprint density at radius 3 is 1.38 bits per heavy atom. The molecule has 2 nitrogen and oxygen atoms in total. The molecule has 10 rings (SSSR count). The number of fused-ring (bicyclic) bond motifs is 5. The van der Waals surface area contributed by atoms with Crippen LogP contribution in [0, 0.1) is 0 Å². The summed E-state index contributed by atoms with van der Waals surface area (Å²) >= 11 is 0. The quantitative estimate of drug-likeness (QED) is 0.176. The fourth-order valence-electron chi connectivity index (χ4n) is 7.58. The van der Waals surface area contributed by atoms with E-state index in [1.54, 1.807) is 0 Å². The SMILES string of the molecule is c1ccc(-c2ccc3oc4cccc(N(c5ccc(-c6ccc7ccccc7c6)cc5)c5ccc(-c6ccc7ccccc7c6)cc5)c4c3c2)cc1. The van der Waals surface area contributed by atoms with Crippen molar-refractivity contribution in [3.8, 4) is 33.4 Å². The molecule has 9 aromatic carbocycles. The number of anilines is 3. The molecular weight excluding hydrogens is 631 g/mol. The van der Waals surface area contributed by atoms with Crippen LogP contribution in [0.4, 0.5) is 17.1 Å². The van der Waals surface area contributed by atoms with Crippen LogP contribution >= 0.6 is 0 Å². The monoisotopic (exact) mass is 663 g/mol. The van der Waals surface area contributed by atoms with Crippen LogP contribution in [0.2, 0.25) is 0 Å². The van der Waals surface area contributed by atoms with Crippen molar-refractivity contribution in [3.63, 3.8) is 0 Å². The van der Waals surface area contributed by atoms with Gasteiger partial charge in [0.2, 0.25) is 0 Å². The average Bonchev–Trinajstić information content (AvgIpc) is 3.60. The van der Waals surface area contributed by atoms with Crippen LogP contribution in [0.5, 0.6) is 0 Å². The Balaban J connectivity index is 1.12. The van der Waals surface area contributed by atoms with E-state index in [4.69, 9.17) is 4.42 Å². The van der Waals surface area contributed by atoms with Crippen molar-refractivity contribution in [1.29, 1.82) is 0 Å². The van der Waals surface area contributed by atoms with Gasteiger partial charge in [-0.3, -0.25) is 0 Å². The van der Waals surface area contributed by atoms with Gasteiger partial charge in [-0.15, -0.1) is 0 Å². The number of furan rings is 1. The summed E-state index contributed by atoms with van der Waals surface area (Å²) in [6.07, 6.45) is 0. The second kappa shape index (κ2) is 12.5. The summed E-state index contributed by atoms with van der Waals surface area (Å²) in [6.45, 7) is 0. The zero-order chi connectivity index (χ0) is 34.4. The number of nitrogens with zero attached hydrogens (tertiary/aromatic N) is 1. The molecule has 0 aliphatic rings. The molecule has 0 saturated heterocycles. The van der Waals surface area contributed by atoms with E-state index in [1.807, 2.05) is 0 Å². The van der Waals surface area contributed by atoms with Crippen LogP contribution in [-0.2, 0) is 0 Å². The Morgan fingerprint density at radius 1 is 0.308 bits per heavy atom. The molecule has 52 heavy (non-hydrogen) atoms. The maximum Gasteiger partial charge on any atom is 0.137 e. The molecule has 0 aliphatic carbocycles. The minimum atomic E-state index is 0.864. The maximum absolute atomic E-state index is 6.50. The van der Waals surface area contributed by atoms with Crippen LogP contribution in [0.1, 0.15) is 0 Å². The van der Waals surface area contributed by atoms with Crippen molar-refractivity contribution in [1.82, 2.24) is 0 Å². The summed E-state index contributed by atoms with van der Waals surface area (Å²) in [7, 11) is 0. The van der Waals surface area contributed by atoms with E-state index in [-0.39, 0.29) is 0 Å². The Morgan fingerprint density at radius 2 is 0.788 bits per heavy atom. The van der Waals surface area contributed by atoms with Gasteiger partial charge in [0.05, 0.1) is 11.1 Å². The molecule has 1 heterocycles. The van der Waals surface area contributed by atoms with Crippen molar-refractivity contribution in [2.45, 2.75) is 0 Å². The summed E-state index contributed by atoms with van der Waals surface area (Å²) in [4.78, 5) is 2.36. The van der Waals surface area contributed by atoms with E-state index in [2.05, 4.69) is 205 Å². The highest BCUT2D eigenvalue weighted by atomic mass is 16.3. The van der Waals surface area contributed by atoms with Gasteiger partial charge in [-0.05, 0) is 116 Å². The topological polar surface area (TPSA) is 16.4 Å². The summed E-state index contributed by atoms with van der Waals surface area (Å²) < 4.78 is 6.50. The highest BCUT2D eigenvalue weighted by Gasteiger charge is 2.20. The van der Waals surface area contributed by atoms with Crippen molar-refractivity contribution in [3.05, 3.63) is 200 Å². The molecule has 0 unspecified atom stereocenters. The smallest absolute Gasteiger partial charge is 0.137 e. The third-order valence-electron chi connectivity index (χ3n) is 10.2. The molecule has 0 atom stereocenters. The molecule has 0 amide bonds. The molecule has 0 spiro atoms. The van der Waals surface area contributed by atoms with Gasteiger partial charge in [0.1, 0.15) is 11.2 Å². The summed E-state index contributed by atoms with van der Waals surface area (Å²) in [5.41, 5.74) is 12.1. The molecule has 1 aromatic heterocycles. The molecule has 244 valence electrons. The van der Waals surface area contributed by atoms with Gasteiger partial charge >= 0.3 is 0 Å². The van der Waals surface area contributed by atoms with Gasteiger partial charge in [0, 0.05) is 16.8 Å². The fourth-order valence-corrected chi connectivity index (χ4v) is 7.58. The van der Waals surface area contributed by atoms with E-state index in [1.165, 1.54) is 49.4 Å². The van der Waals surface area contributed by atoms with Gasteiger partial charge in [-0.25, -0.2) is 0 Å². The number of hydrogen-bond acceptors (Lipinski definition) is 2. The van der Waals surface area contributed by atoms with E-state index in [0.717, 1.165) is 44.6 Å². The molecule has 0 saturated carbocycles. The molecule has 10 aromatic rings. The van der Waals surface area contributed by atoms with E-state index < -0.39 is 0 Å². The number of hydrogen-bond donors (Lipinski definition) is 0. The molecule has 2 heteroatoms. The third-order valence-corrected chi connectivity index (χ3v) is 10.2. The highest BCUT2D eigenvalue weighted by molar-refractivity contribution is 6.14. The second-order valence-corrected chi connectivity index (χ2v) is 13.4. The minimum absolute atomic E-state index is 0.864. The van der Waals surface area contributed by atoms with Crippen LogP contribution in [0.3, 0.4) is 0 Å². The molecule has 0 N–H and O–H groups in total. The van der Waals surface area contributed by atoms with Crippen molar-refractivity contribution in [2.75, 3.05) is 4.90 Å². The van der Waals surface area contributed by atoms with Crippen LogP contribution in [0.15, 0.2) is 205 Å². The van der Waals surface area contributed by atoms with Crippen LogP contribution in [0.25, 0.3) is 76.9 Å². The predicted molar refractivity (Wildman–Crippen MR) is 220 cm³/mol. The average molecular weight is 664 g/mol. The zero-order valence-electron chi connectivity index (χ0n) is 28.4. The lowest BCUT2D eigenvalue weighted by atomic mass is 9.99. The van der Waals surface area contributed by atoms with Gasteiger partial charge in [0.25, 0.3) is 0 Å². The van der Waals surface area contributed by atoms with Crippen LogP contribution < -0.4 is 4.90 Å². The lowest BCUT2D eigenvalue weighted by molar-refractivity contribution is 0.669. The Hall–Kier alpha value is -6.90. The normalized spacial score (nSPS) is 11.5. The van der Waals surface area contributed by atoms with Gasteiger partial charge in [-0.1, -0.05) is 140 Å². The Bertz CT molecular complexity index is 2760. The molecule has 0 radical (unpaired) electrons. The first-order chi connectivity index (χ1) is 25.7. The molecular formula is C50H33NO. The molecule has 0 bridgehead atoms. The summed E-state index contributed by atoms with van der Waals surface area (Å²) in [6, 6.07) is 71.7. The van der Waals surface area contributed by atoms with E-state index >= 15 is 0 Å². The molecule has 0 fully saturated rings. The summed E-state index contributed by atoms with van der Waals surface area (Å²) in [5.74, 6) is 0. The molecule has 0 aliphatic heterocycles. The van der Waals surface area contributed by atoms with Crippen LogP contribution in [-0.4, -0.2) is 0 Å². The Labute approximate surface area is 302 Å².